The van der Waals surface area contributed by atoms with Crippen LogP contribution in [0.15, 0.2) is 41.3 Å². The third kappa shape index (κ3) is 1.65. The summed E-state index contributed by atoms with van der Waals surface area (Å²) < 4.78 is 3.02. The fourth-order valence-corrected chi connectivity index (χ4v) is 1.73. The minimum atomic E-state index is 0.980. The second-order valence-electron chi connectivity index (χ2n) is 2.88. The number of hydrogen-bond donors (Lipinski definition) is 0. The van der Waals surface area contributed by atoms with Gasteiger partial charge in [-0.15, -0.1) is 0 Å². The van der Waals surface area contributed by atoms with Crippen molar-refractivity contribution in [1.29, 1.82) is 0 Å². The Hall–Kier alpha value is -1.09. The summed E-state index contributed by atoms with van der Waals surface area (Å²) in [6.45, 7) is 2.05. The standard InChI is InChI=1S/C10H9BrN2/c1-8-6-9(11)7-12-10(8)13-4-2-3-5-13/h2-7H,1H3. The topological polar surface area (TPSA) is 17.8 Å². The maximum atomic E-state index is 4.34. The Morgan fingerprint density at radius 2 is 2.00 bits per heavy atom. The van der Waals surface area contributed by atoms with Gasteiger partial charge in [0.05, 0.1) is 0 Å². The Labute approximate surface area is 85.4 Å². The molecule has 0 spiro atoms. The average molecular weight is 237 g/mol. The van der Waals surface area contributed by atoms with Crippen LogP contribution in [0.5, 0.6) is 0 Å². The van der Waals surface area contributed by atoms with Crippen molar-refractivity contribution in [3.05, 3.63) is 46.8 Å². The summed E-state index contributed by atoms with van der Waals surface area (Å²) in [7, 11) is 0. The van der Waals surface area contributed by atoms with Crippen LogP contribution in [-0.4, -0.2) is 9.55 Å². The van der Waals surface area contributed by atoms with Crippen LogP contribution < -0.4 is 0 Å². The number of nitrogens with zero attached hydrogens (tertiary/aromatic N) is 2. The van der Waals surface area contributed by atoms with Crippen molar-refractivity contribution in [2.75, 3.05) is 0 Å². The second-order valence-corrected chi connectivity index (χ2v) is 3.80. The van der Waals surface area contributed by atoms with E-state index < -0.39 is 0 Å². The molecule has 0 fully saturated rings. The second kappa shape index (κ2) is 3.34. The molecular formula is C10H9BrN2. The fourth-order valence-electron chi connectivity index (χ4n) is 1.28. The number of aromatic nitrogens is 2. The lowest BCUT2D eigenvalue weighted by Crippen LogP contribution is -1.96. The van der Waals surface area contributed by atoms with Crippen molar-refractivity contribution in [3.63, 3.8) is 0 Å². The van der Waals surface area contributed by atoms with Crippen molar-refractivity contribution >= 4 is 15.9 Å². The van der Waals surface area contributed by atoms with Crippen molar-refractivity contribution < 1.29 is 0 Å². The molecule has 0 atom stereocenters. The van der Waals surface area contributed by atoms with Crippen LogP contribution in [0.3, 0.4) is 0 Å². The maximum Gasteiger partial charge on any atom is 0.139 e. The van der Waals surface area contributed by atoms with E-state index >= 15 is 0 Å². The third-order valence-electron chi connectivity index (χ3n) is 1.87. The third-order valence-corrected chi connectivity index (χ3v) is 2.30. The first kappa shape index (κ1) is 8.51. The number of hydrogen-bond acceptors (Lipinski definition) is 1. The first-order valence-electron chi connectivity index (χ1n) is 4.03. The van der Waals surface area contributed by atoms with Gasteiger partial charge in [0.2, 0.25) is 0 Å². The Kier molecular flexibility index (Phi) is 2.19. The molecule has 0 aliphatic carbocycles. The van der Waals surface area contributed by atoms with Gasteiger partial charge in [0, 0.05) is 23.1 Å². The summed E-state index contributed by atoms with van der Waals surface area (Å²) in [5.74, 6) is 0.980. The highest BCUT2D eigenvalue weighted by Gasteiger charge is 2.00. The number of halogens is 1. The minimum absolute atomic E-state index is 0.980. The predicted octanol–water partition coefficient (Wildman–Crippen LogP) is 2.94. The highest BCUT2D eigenvalue weighted by molar-refractivity contribution is 9.10. The molecule has 2 aromatic rings. The van der Waals surface area contributed by atoms with Crippen molar-refractivity contribution in [3.8, 4) is 5.82 Å². The van der Waals surface area contributed by atoms with Gasteiger partial charge in [-0.3, -0.25) is 0 Å². The van der Waals surface area contributed by atoms with E-state index in [0.717, 1.165) is 15.9 Å². The fraction of sp³-hybridized carbons (Fsp3) is 0.100. The van der Waals surface area contributed by atoms with E-state index in [9.17, 15) is 0 Å². The summed E-state index contributed by atoms with van der Waals surface area (Å²) in [4.78, 5) is 4.34. The van der Waals surface area contributed by atoms with E-state index in [1.807, 2.05) is 42.2 Å². The van der Waals surface area contributed by atoms with Crippen molar-refractivity contribution in [2.45, 2.75) is 6.92 Å². The Balaban J connectivity index is 2.53. The first-order valence-corrected chi connectivity index (χ1v) is 4.82. The van der Waals surface area contributed by atoms with Gasteiger partial charge in [-0.1, -0.05) is 0 Å². The van der Waals surface area contributed by atoms with E-state index in [1.54, 1.807) is 0 Å². The molecule has 2 heterocycles. The van der Waals surface area contributed by atoms with Crippen LogP contribution >= 0.6 is 15.9 Å². The smallest absolute Gasteiger partial charge is 0.139 e. The predicted molar refractivity (Wildman–Crippen MR) is 56.0 cm³/mol. The van der Waals surface area contributed by atoms with Gasteiger partial charge >= 0.3 is 0 Å². The monoisotopic (exact) mass is 236 g/mol. The molecule has 0 aromatic carbocycles. The molecule has 0 saturated carbocycles. The molecule has 2 aromatic heterocycles. The van der Waals surface area contributed by atoms with E-state index in [4.69, 9.17) is 0 Å². The van der Waals surface area contributed by atoms with Crippen LogP contribution in [0.2, 0.25) is 0 Å². The molecule has 0 amide bonds. The van der Waals surface area contributed by atoms with Gasteiger partial charge in [-0.05, 0) is 46.6 Å². The minimum Gasteiger partial charge on any atom is -0.308 e. The number of aryl methyl sites for hydroxylation is 1. The summed E-state index contributed by atoms with van der Waals surface area (Å²) in [5.41, 5.74) is 1.16. The lowest BCUT2D eigenvalue weighted by atomic mass is 10.3. The molecule has 0 bridgehead atoms. The molecule has 2 nitrogen and oxygen atoms in total. The Morgan fingerprint density at radius 1 is 1.31 bits per heavy atom. The van der Waals surface area contributed by atoms with Gasteiger partial charge < -0.3 is 4.57 Å². The zero-order valence-corrected chi connectivity index (χ0v) is 8.82. The van der Waals surface area contributed by atoms with E-state index in [-0.39, 0.29) is 0 Å². The van der Waals surface area contributed by atoms with Crippen LogP contribution in [0, 0.1) is 6.92 Å². The van der Waals surface area contributed by atoms with E-state index in [0.29, 0.717) is 0 Å². The first-order chi connectivity index (χ1) is 6.27. The Bertz CT molecular complexity index is 407. The molecule has 2 rings (SSSR count). The quantitative estimate of drug-likeness (QED) is 0.745. The van der Waals surface area contributed by atoms with Gasteiger partial charge in [0.1, 0.15) is 5.82 Å². The molecule has 0 radical (unpaired) electrons. The zero-order chi connectivity index (χ0) is 9.26. The molecule has 0 unspecified atom stereocenters. The summed E-state index contributed by atoms with van der Waals surface area (Å²) >= 11 is 3.39. The van der Waals surface area contributed by atoms with Gasteiger partial charge in [0.15, 0.2) is 0 Å². The lowest BCUT2D eigenvalue weighted by molar-refractivity contribution is 0.986. The Morgan fingerprint density at radius 3 is 2.62 bits per heavy atom. The highest BCUT2D eigenvalue weighted by Crippen LogP contribution is 2.16. The van der Waals surface area contributed by atoms with Crippen LogP contribution in [0.4, 0.5) is 0 Å². The van der Waals surface area contributed by atoms with Crippen molar-refractivity contribution in [1.82, 2.24) is 9.55 Å². The van der Waals surface area contributed by atoms with Crippen LogP contribution in [0.1, 0.15) is 5.56 Å². The van der Waals surface area contributed by atoms with E-state index in [2.05, 4.69) is 27.0 Å². The largest absolute Gasteiger partial charge is 0.308 e. The molecule has 0 N–H and O–H groups in total. The average Bonchev–Trinajstić information content (AvgIpc) is 2.56. The normalized spacial score (nSPS) is 10.3. The van der Waals surface area contributed by atoms with Crippen molar-refractivity contribution in [2.24, 2.45) is 0 Å². The molecule has 0 saturated heterocycles. The van der Waals surface area contributed by atoms with Crippen LogP contribution in [-0.2, 0) is 0 Å². The molecule has 0 aliphatic rings. The lowest BCUT2D eigenvalue weighted by Gasteiger charge is -2.05. The molecule has 3 heteroatoms. The molecule has 66 valence electrons. The summed E-state index contributed by atoms with van der Waals surface area (Å²) in [6.07, 6.45) is 5.79. The molecule has 0 aliphatic heterocycles. The molecule has 13 heavy (non-hydrogen) atoms. The number of rotatable bonds is 1. The molecular weight excluding hydrogens is 228 g/mol. The summed E-state index contributed by atoms with van der Waals surface area (Å²) in [5, 5.41) is 0. The highest BCUT2D eigenvalue weighted by atomic mass is 79.9. The zero-order valence-electron chi connectivity index (χ0n) is 7.24. The maximum absolute atomic E-state index is 4.34. The van der Waals surface area contributed by atoms with Gasteiger partial charge in [0.25, 0.3) is 0 Å². The number of pyridine rings is 1. The summed E-state index contributed by atoms with van der Waals surface area (Å²) in [6, 6.07) is 6.04. The SMILES string of the molecule is Cc1cc(Br)cnc1-n1cccc1. The van der Waals surface area contributed by atoms with E-state index in [1.165, 1.54) is 0 Å². The van der Waals surface area contributed by atoms with Crippen LogP contribution in [0.25, 0.3) is 5.82 Å². The van der Waals surface area contributed by atoms with Gasteiger partial charge in [-0.2, -0.15) is 0 Å². The van der Waals surface area contributed by atoms with Gasteiger partial charge in [-0.25, -0.2) is 4.98 Å².